The fourth-order valence-electron chi connectivity index (χ4n) is 2.46. The van der Waals surface area contributed by atoms with Crippen LogP contribution < -0.4 is 0 Å². The predicted octanol–water partition coefficient (Wildman–Crippen LogP) is 4.10. The molecule has 1 aliphatic carbocycles. The highest BCUT2D eigenvalue weighted by Crippen LogP contribution is 2.44. The van der Waals surface area contributed by atoms with E-state index in [4.69, 9.17) is 10.8 Å². The Morgan fingerprint density at radius 2 is 1.05 bits per heavy atom. The van der Waals surface area contributed by atoms with Gasteiger partial charge in [0.25, 0.3) is 0 Å². The molecular formula is C14H20N4S. The van der Waals surface area contributed by atoms with Crippen LogP contribution in [0.2, 0.25) is 0 Å². The molecule has 0 saturated heterocycles. The first-order chi connectivity index (χ1) is 8.55. The summed E-state index contributed by atoms with van der Waals surface area (Å²) >= 11 is 1.16. The molecule has 5 heteroatoms. The molecule has 0 spiro atoms. The Morgan fingerprint density at radius 3 is 1.32 bits per heavy atom. The Bertz CT molecular complexity index is 563. The van der Waals surface area contributed by atoms with Gasteiger partial charge in [-0.15, -0.1) is 0 Å². The van der Waals surface area contributed by atoms with Crippen molar-refractivity contribution in [3.05, 3.63) is 22.5 Å². The van der Waals surface area contributed by atoms with Gasteiger partial charge in [-0.3, -0.25) is 10.8 Å². The molecule has 0 saturated carbocycles. The van der Waals surface area contributed by atoms with Crippen LogP contribution in [0, 0.1) is 21.6 Å². The molecule has 1 aliphatic heterocycles. The number of fused-ring (bicyclic) bond motifs is 1. The lowest BCUT2D eigenvalue weighted by Crippen LogP contribution is -2.34. The quantitative estimate of drug-likeness (QED) is 0.625. The summed E-state index contributed by atoms with van der Waals surface area (Å²) < 4.78 is 8.78. The van der Waals surface area contributed by atoms with Gasteiger partial charge in [0.05, 0.1) is 22.8 Å². The predicted molar refractivity (Wildman–Crippen MR) is 80.6 cm³/mol. The monoisotopic (exact) mass is 276 g/mol. The molecule has 0 aromatic rings. The fraction of sp³-hybridized carbons (Fsp3) is 0.571. The summed E-state index contributed by atoms with van der Waals surface area (Å²) in [7, 11) is 0. The second-order valence-electron chi connectivity index (χ2n) is 6.96. The van der Waals surface area contributed by atoms with E-state index in [1.165, 1.54) is 0 Å². The largest absolute Gasteiger partial charge is 0.298 e. The van der Waals surface area contributed by atoms with E-state index in [0.717, 1.165) is 33.9 Å². The minimum Gasteiger partial charge on any atom is -0.298 e. The summed E-state index contributed by atoms with van der Waals surface area (Å²) in [5.41, 5.74) is 3.40. The molecule has 2 rings (SSSR count). The first-order valence-electron chi connectivity index (χ1n) is 6.31. The minimum absolute atomic E-state index is 0.211. The lowest BCUT2D eigenvalue weighted by atomic mass is 9.71. The van der Waals surface area contributed by atoms with Gasteiger partial charge in [0, 0.05) is 11.1 Å². The van der Waals surface area contributed by atoms with Gasteiger partial charge >= 0.3 is 0 Å². The van der Waals surface area contributed by atoms with Crippen LogP contribution >= 0.6 is 0 Å². The zero-order chi connectivity index (χ0) is 14.6. The van der Waals surface area contributed by atoms with Crippen LogP contribution in [-0.2, 0) is 11.4 Å². The lowest BCUT2D eigenvalue weighted by molar-refractivity contribution is 0.507. The van der Waals surface area contributed by atoms with Gasteiger partial charge in [-0.05, 0) is 10.8 Å². The topological polar surface area (TPSA) is 72.4 Å². The van der Waals surface area contributed by atoms with E-state index in [0.29, 0.717) is 0 Å². The highest BCUT2D eigenvalue weighted by Gasteiger charge is 2.40. The van der Waals surface area contributed by atoms with Gasteiger partial charge < -0.3 is 0 Å². The molecular weight excluding hydrogens is 256 g/mol. The highest BCUT2D eigenvalue weighted by molar-refractivity contribution is 7.57. The average molecular weight is 276 g/mol. The van der Waals surface area contributed by atoms with Gasteiger partial charge in [0.1, 0.15) is 11.4 Å². The van der Waals surface area contributed by atoms with E-state index >= 15 is 0 Å². The van der Waals surface area contributed by atoms with Crippen molar-refractivity contribution in [3.63, 3.8) is 0 Å². The smallest absolute Gasteiger partial charge is 0.111 e. The number of hydrogen-bond acceptors (Lipinski definition) is 4. The van der Waals surface area contributed by atoms with Gasteiger partial charge in [-0.2, -0.15) is 8.73 Å². The molecule has 0 aromatic heterocycles. The molecule has 2 N–H and O–H groups in total. The molecule has 0 radical (unpaired) electrons. The Hall–Kier alpha value is -1.36. The van der Waals surface area contributed by atoms with Crippen LogP contribution in [0.1, 0.15) is 41.5 Å². The number of nitrogens with zero attached hydrogens (tertiary/aromatic N) is 2. The Labute approximate surface area is 117 Å². The fourth-order valence-corrected chi connectivity index (χ4v) is 3.02. The Kier molecular flexibility index (Phi) is 3.01. The van der Waals surface area contributed by atoms with Crippen molar-refractivity contribution in [2.45, 2.75) is 41.5 Å². The minimum atomic E-state index is -0.211. The van der Waals surface area contributed by atoms with Crippen LogP contribution in [0.25, 0.3) is 0 Å². The molecule has 0 atom stereocenters. The third-order valence-electron chi connectivity index (χ3n) is 3.21. The SMILES string of the molecule is CC(C)(C)C1=C2N=S=NC2=C(C(C)(C)C)C(=N)C1=N. The van der Waals surface area contributed by atoms with Gasteiger partial charge in [-0.25, -0.2) is 0 Å². The number of rotatable bonds is 0. The van der Waals surface area contributed by atoms with Crippen LogP contribution in [-0.4, -0.2) is 11.4 Å². The second-order valence-corrected chi connectivity index (χ2v) is 7.49. The van der Waals surface area contributed by atoms with E-state index in [1.807, 2.05) is 0 Å². The first kappa shape index (κ1) is 14.1. The molecule has 0 bridgehead atoms. The molecule has 102 valence electrons. The summed E-state index contributed by atoms with van der Waals surface area (Å²) in [6.45, 7) is 12.3. The zero-order valence-corrected chi connectivity index (χ0v) is 13.1. The van der Waals surface area contributed by atoms with E-state index in [-0.39, 0.29) is 22.3 Å². The van der Waals surface area contributed by atoms with E-state index < -0.39 is 0 Å². The molecule has 0 unspecified atom stereocenters. The van der Waals surface area contributed by atoms with Crippen LogP contribution in [0.4, 0.5) is 0 Å². The van der Waals surface area contributed by atoms with Crippen LogP contribution in [0.15, 0.2) is 31.3 Å². The molecule has 0 fully saturated rings. The average Bonchev–Trinajstić information content (AvgIpc) is 2.62. The van der Waals surface area contributed by atoms with Crippen molar-refractivity contribution >= 4 is 22.8 Å². The number of allylic oxidation sites excluding steroid dienone is 2. The number of hydrogen-bond donors (Lipinski definition) is 2. The second kappa shape index (κ2) is 4.07. The summed E-state index contributed by atoms with van der Waals surface area (Å²) in [6.07, 6.45) is 0. The third-order valence-corrected chi connectivity index (χ3v) is 3.74. The third kappa shape index (κ3) is 2.16. The maximum Gasteiger partial charge on any atom is 0.111 e. The summed E-state index contributed by atoms with van der Waals surface area (Å²) in [6, 6.07) is 0. The maximum absolute atomic E-state index is 8.34. The van der Waals surface area contributed by atoms with Gasteiger partial charge in [0.2, 0.25) is 0 Å². The standard InChI is InChI=1S/C14H20N4S/c1-13(2,3)7-9(15)10(16)8(14(4,5)6)12-11(7)17-19-18-12/h15-16H,1-6H3. The van der Waals surface area contributed by atoms with Crippen molar-refractivity contribution in [1.29, 1.82) is 10.8 Å². The molecule has 0 amide bonds. The van der Waals surface area contributed by atoms with Gasteiger partial charge in [-0.1, -0.05) is 41.5 Å². The van der Waals surface area contributed by atoms with Crippen LogP contribution in [0.5, 0.6) is 0 Å². The van der Waals surface area contributed by atoms with Crippen molar-refractivity contribution in [1.82, 2.24) is 0 Å². The zero-order valence-electron chi connectivity index (χ0n) is 12.3. The normalized spacial score (nSPS) is 20.1. The van der Waals surface area contributed by atoms with Crippen molar-refractivity contribution < 1.29 is 0 Å². The molecule has 4 nitrogen and oxygen atoms in total. The van der Waals surface area contributed by atoms with Crippen molar-refractivity contribution in [2.24, 2.45) is 19.6 Å². The molecule has 0 aromatic carbocycles. The maximum atomic E-state index is 8.34. The summed E-state index contributed by atoms with van der Waals surface area (Å²) in [4.78, 5) is 0. The van der Waals surface area contributed by atoms with Gasteiger partial charge in [0.15, 0.2) is 0 Å². The van der Waals surface area contributed by atoms with Crippen molar-refractivity contribution in [2.75, 3.05) is 0 Å². The van der Waals surface area contributed by atoms with Crippen molar-refractivity contribution in [3.8, 4) is 0 Å². The number of nitrogens with one attached hydrogen (secondary N) is 2. The summed E-state index contributed by atoms with van der Waals surface area (Å²) in [5.74, 6) is 0. The van der Waals surface area contributed by atoms with Crippen LogP contribution in [0.3, 0.4) is 0 Å². The van der Waals surface area contributed by atoms with E-state index in [1.54, 1.807) is 0 Å². The molecule has 2 aliphatic rings. The molecule has 19 heavy (non-hydrogen) atoms. The summed E-state index contributed by atoms with van der Waals surface area (Å²) in [5, 5.41) is 16.7. The Balaban J connectivity index is 2.81. The Morgan fingerprint density at radius 1 is 0.737 bits per heavy atom. The highest BCUT2D eigenvalue weighted by atomic mass is 32.1. The first-order valence-corrected chi connectivity index (χ1v) is 7.04. The molecule has 1 heterocycles. The van der Waals surface area contributed by atoms with E-state index in [2.05, 4.69) is 50.3 Å². The lowest BCUT2D eigenvalue weighted by Gasteiger charge is -2.33. The van der Waals surface area contributed by atoms with E-state index in [9.17, 15) is 0 Å².